The van der Waals surface area contributed by atoms with Crippen LogP contribution < -0.4 is 5.43 Å². The first kappa shape index (κ1) is 22.9. The maximum Gasteiger partial charge on any atom is 0.140 e. The van der Waals surface area contributed by atoms with Gasteiger partial charge in [-0.3, -0.25) is 20.4 Å². The highest BCUT2D eigenvalue weighted by Crippen LogP contribution is 2.18. The molecule has 30 heavy (non-hydrogen) atoms. The first-order valence-electron chi connectivity index (χ1n) is 10.3. The lowest BCUT2D eigenvalue weighted by Gasteiger charge is -2.30. The van der Waals surface area contributed by atoms with E-state index in [0.717, 1.165) is 22.7 Å². The minimum Gasteiger partial charge on any atom is -0.283 e. The zero-order valence-corrected chi connectivity index (χ0v) is 18.3. The lowest BCUT2D eigenvalue weighted by atomic mass is 10.0. The molecule has 0 amide bonds. The van der Waals surface area contributed by atoms with E-state index in [2.05, 4.69) is 66.7 Å². The van der Waals surface area contributed by atoms with E-state index in [4.69, 9.17) is 0 Å². The summed E-state index contributed by atoms with van der Waals surface area (Å²) in [5, 5.41) is 2.00. The van der Waals surface area contributed by atoms with Gasteiger partial charge in [-0.1, -0.05) is 63.8 Å². The predicted molar refractivity (Wildman–Crippen MR) is 130 cm³/mol. The molecule has 3 rings (SSSR count). The Bertz CT molecular complexity index is 923. The molecule has 0 aliphatic carbocycles. The average molecular weight is 401 g/mol. The molecule has 1 aliphatic heterocycles. The molecule has 0 saturated heterocycles. The third-order valence-corrected chi connectivity index (χ3v) is 4.27. The number of nitrogens with one attached hydrogen (secondary N) is 1. The SMILES string of the molecule is C=Cc1cc(CN2NC(=NCc3ccncc3)C=CC2=C)ccc1/C=C\C.CCC. The fraction of sp³-hybridized carbons (Fsp3) is 0.231. The second kappa shape index (κ2) is 12.2. The summed E-state index contributed by atoms with van der Waals surface area (Å²) in [5.41, 5.74) is 8.83. The Balaban J connectivity index is 0.00000101. The zero-order valence-electron chi connectivity index (χ0n) is 18.3. The summed E-state index contributed by atoms with van der Waals surface area (Å²) in [6, 6.07) is 10.3. The molecule has 2 heterocycles. The van der Waals surface area contributed by atoms with Crippen LogP contribution in [0.25, 0.3) is 12.2 Å². The van der Waals surface area contributed by atoms with Crippen LogP contribution in [0.3, 0.4) is 0 Å². The van der Waals surface area contributed by atoms with Gasteiger partial charge in [0.15, 0.2) is 0 Å². The molecule has 0 saturated carbocycles. The Morgan fingerprint density at radius 2 is 1.80 bits per heavy atom. The Kier molecular flexibility index (Phi) is 9.32. The number of benzene rings is 1. The number of rotatable bonds is 6. The molecule has 156 valence electrons. The third-order valence-electron chi connectivity index (χ3n) is 4.27. The number of nitrogens with zero attached hydrogens (tertiary/aromatic N) is 3. The van der Waals surface area contributed by atoms with Gasteiger partial charge in [0.25, 0.3) is 0 Å². The van der Waals surface area contributed by atoms with E-state index in [9.17, 15) is 0 Å². The number of pyridine rings is 1. The molecule has 0 radical (unpaired) electrons. The molecular weight excluding hydrogens is 368 g/mol. The molecule has 1 aliphatic rings. The highest BCUT2D eigenvalue weighted by atomic mass is 15.5. The first-order chi connectivity index (χ1) is 14.6. The van der Waals surface area contributed by atoms with E-state index in [1.54, 1.807) is 12.4 Å². The van der Waals surface area contributed by atoms with E-state index in [1.165, 1.54) is 17.5 Å². The number of amidine groups is 1. The van der Waals surface area contributed by atoms with Crippen molar-refractivity contribution in [3.63, 3.8) is 0 Å². The number of aromatic nitrogens is 1. The number of hydrogen-bond donors (Lipinski definition) is 1. The second-order valence-corrected chi connectivity index (χ2v) is 6.95. The van der Waals surface area contributed by atoms with E-state index in [1.807, 2.05) is 48.4 Å². The summed E-state index contributed by atoms with van der Waals surface area (Å²) in [6.45, 7) is 15.6. The van der Waals surface area contributed by atoms with Crippen LogP contribution in [0, 0.1) is 0 Å². The standard InChI is InChI=1S/C23H24N4.C3H8/c1-4-6-22-9-8-20(15-21(22)5-2)17-27-18(3)7-10-23(26-27)25-16-19-11-13-24-14-12-19;1-3-2/h4-15H,2-3,16-17H2,1H3,(H,25,26);3H2,1-2H3/b6-4-;. The second-order valence-electron chi connectivity index (χ2n) is 6.95. The summed E-state index contributed by atoms with van der Waals surface area (Å²) in [5.74, 6) is 0.814. The maximum absolute atomic E-state index is 4.63. The topological polar surface area (TPSA) is 40.5 Å². The monoisotopic (exact) mass is 400 g/mol. The van der Waals surface area contributed by atoms with Crippen molar-refractivity contribution in [3.05, 3.63) is 102 Å². The van der Waals surface area contributed by atoms with Crippen LogP contribution in [0.15, 0.2) is 84.8 Å². The van der Waals surface area contributed by atoms with Crippen molar-refractivity contribution in [2.45, 2.75) is 40.3 Å². The molecule has 4 nitrogen and oxygen atoms in total. The van der Waals surface area contributed by atoms with Crippen LogP contribution >= 0.6 is 0 Å². The van der Waals surface area contributed by atoms with Crippen molar-refractivity contribution in [3.8, 4) is 0 Å². The van der Waals surface area contributed by atoms with Crippen LogP contribution in [0.2, 0.25) is 0 Å². The average Bonchev–Trinajstić information content (AvgIpc) is 2.76. The fourth-order valence-electron chi connectivity index (χ4n) is 2.82. The molecule has 0 fully saturated rings. The van der Waals surface area contributed by atoms with Crippen LogP contribution in [-0.4, -0.2) is 15.8 Å². The van der Waals surface area contributed by atoms with Gasteiger partial charge in [-0.2, -0.15) is 0 Å². The van der Waals surface area contributed by atoms with Crippen LogP contribution in [0.4, 0.5) is 0 Å². The van der Waals surface area contributed by atoms with E-state index in [-0.39, 0.29) is 0 Å². The molecular formula is C26H32N4. The van der Waals surface area contributed by atoms with Crippen molar-refractivity contribution >= 4 is 18.0 Å². The zero-order chi connectivity index (χ0) is 21.8. The van der Waals surface area contributed by atoms with Gasteiger partial charge < -0.3 is 0 Å². The molecule has 0 unspecified atom stereocenters. The van der Waals surface area contributed by atoms with E-state index >= 15 is 0 Å². The highest BCUT2D eigenvalue weighted by Gasteiger charge is 2.13. The Morgan fingerprint density at radius 3 is 2.47 bits per heavy atom. The Labute approximate surface area is 181 Å². The lowest BCUT2D eigenvalue weighted by Crippen LogP contribution is -2.42. The molecule has 0 bridgehead atoms. The van der Waals surface area contributed by atoms with Gasteiger partial charge in [0.05, 0.1) is 18.8 Å². The molecule has 1 N–H and O–H groups in total. The van der Waals surface area contributed by atoms with Crippen molar-refractivity contribution in [2.75, 3.05) is 0 Å². The van der Waals surface area contributed by atoms with E-state index in [0.29, 0.717) is 13.1 Å². The summed E-state index contributed by atoms with van der Waals surface area (Å²) >= 11 is 0. The van der Waals surface area contributed by atoms with Crippen LogP contribution in [-0.2, 0) is 13.1 Å². The van der Waals surface area contributed by atoms with Gasteiger partial charge in [-0.25, -0.2) is 0 Å². The summed E-state index contributed by atoms with van der Waals surface area (Å²) in [6.07, 6.45) is 14.7. The number of hydrogen-bond acceptors (Lipinski definition) is 3. The Morgan fingerprint density at radius 1 is 1.07 bits per heavy atom. The normalized spacial score (nSPS) is 14.4. The summed E-state index contributed by atoms with van der Waals surface area (Å²) < 4.78 is 0. The molecule has 0 spiro atoms. The van der Waals surface area contributed by atoms with Crippen molar-refractivity contribution in [1.82, 2.24) is 15.4 Å². The van der Waals surface area contributed by atoms with E-state index < -0.39 is 0 Å². The first-order valence-corrected chi connectivity index (χ1v) is 10.3. The predicted octanol–water partition coefficient (Wildman–Crippen LogP) is 6.16. The van der Waals surface area contributed by atoms with Crippen molar-refractivity contribution < 1.29 is 0 Å². The molecule has 4 heteroatoms. The highest BCUT2D eigenvalue weighted by molar-refractivity contribution is 5.94. The summed E-state index contributed by atoms with van der Waals surface area (Å²) in [4.78, 5) is 8.67. The van der Waals surface area contributed by atoms with Gasteiger partial charge in [0.1, 0.15) is 5.84 Å². The largest absolute Gasteiger partial charge is 0.283 e. The maximum atomic E-state index is 4.63. The van der Waals surface area contributed by atoms with Gasteiger partial charge >= 0.3 is 0 Å². The van der Waals surface area contributed by atoms with Gasteiger partial charge in [0, 0.05) is 12.4 Å². The number of aliphatic imine (C=N–C) groups is 1. The number of allylic oxidation sites excluding steroid dienone is 2. The molecule has 0 atom stereocenters. The minimum atomic E-state index is 0.605. The quantitative estimate of drug-likeness (QED) is 0.631. The Hall–Kier alpha value is -3.40. The van der Waals surface area contributed by atoms with Gasteiger partial charge in [-0.05, 0) is 59.5 Å². The summed E-state index contributed by atoms with van der Waals surface area (Å²) in [7, 11) is 0. The van der Waals surface area contributed by atoms with Crippen molar-refractivity contribution in [1.29, 1.82) is 0 Å². The minimum absolute atomic E-state index is 0.605. The van der Waals surface area contributed by atoms with Crippen molar-refractivity contribution in [2.24, 2.45) is 4.99 Å². The fourth-order valence-corrected chi connectivity index (χ4v) is 2.82. The molecule has 1 aromatic heterocycles. The third kappa shape index (κ3) is 6.89. The smallest absolute Gasteiger partial charge is 0.140 e. The van der Waals surface area contributed by atoms with Crippen LogP contribution in [0.5, 0.6) is 0 Å². The van der Waals surface area contributed by atoms with Gasteiger partial charge in [-0.15, -0.1) is 0 Å². The lowest BCUT2D eigenvalue weighted by molar-refractivity contribution is 0.301. The molecule has 2 aromatic rings. The number of hydrazine groups is 1. The van der Waals surface area contributed by atoms with Gasteiger partial charge in [0.2, 0.25) is 0 Å². The van der Waals surface area contributed by atoms with Crippen LogP contribution in [0.1, 0.15) is 49.4 Å². The molecule has 1 aromatic carbocycles.